The fraction of sp³-hybridized carbons (Fsp3) is 0.647. The molecule has 0 radical (unpaired) electrons. The van der Waals surface area contributed by atoms with Crippen LogP contribution >= 0.6 is 11.6 Å². The highest BCUT2D eigenvalue weighted by Gasteiger charge is 2.22. The summed E-state index contributed by atoms with van der Waals surface area (Å²) in [6.07, 6.45) is 8.13. The van der Waals surface area contributed by atoms with Crippen molar-refractivity contribution in [2.75, 3.05) is 0 Å². The molecule has 1 aliphatic carbocycles. The lowest BCUT2D eigenvalue weighted by Gasteiger charge is -2.31. The molecule has 1 fully saturated rings. The molecule has 19 heavy (non-hydrogen) atoms. The molecule has 0 heterocycles. The molecule has 0 saturated heterocycles. The zero-order valence-corrected chi connectivity index (χ0v) is 12.9. The Balaban J connectivity index is 1.98. The van der Waals surface area contributed by atoms with E-state index in [1.54, 1.807) is 0 Å². The van der Waals surface area contributed by atoms with Gasteiger partial charge in [0.05, 0.1) is 0 Å². The van der Waals surface area contributed by atoms with Crippen LogP contribution in [0.1, 0.15) is 64.0 Å². The van der Waals surface area contributed by atoms with E-state index in [-0.39, 0.29) is 0 Å². The minimum absolute atomic E-state index is 0.427. The van der Waals surface area contributed by atoms with Gasteiger partial charge in [0.25, 0.3) is 0 Å². The lowest BCUT2D eigenvalue weighted by atomic mass is 9.84. The summed E-state index contributed by atoms with van der Waals surface area (Å²) in [6, 6.07) is 9.30. The molecule has 2 unspecified atom stereocenters. The Labute approximate surface area is 122 Å². The van der Waals surface area contributed by atoms with Gasteiger partial charge in [0, 0.05) is 17.1 Å². The van der Waals surface area contributed by atoms with Crippen LogP contribution in [0.5, 0.6) is 0 Å². The number of rotatable bonds is 5. The molecule has 0 bridgehead atoms. The number of benzene rings is 1. The van der Waals surface area contributed by atoms with E-state index in [4.69, 9.17) is 11.6 Å². The summed E-state index contributed by atoms with van der Waals surface area (Å²) in [5.74, 6) is 0.849. The molecule has 1 aromatic rings. The summed E-state index contributed by atoms with van der Waals surface area (Å²) < 4.78 is 0. The minimum Gasteiger partial charge on any atom is -0.307 e. The molecule has 0 aliphatic heterocycles. The standard InChI is InChI=1S/C17H26ClN/c1-3-17(15-10-7-11-16(18)12-15)19-13(2)14-8-5-4-6-9-14/h7,10-14,17,19H,3-6,8-9H2,1-2H3. The highest BCUT2D eigenvalue weighted by Crippen LogP contribution is 2.28. The van der Waals surface area contributed by atoms with Crippen molar-refractivity contribution in [3.63, 3.8) is 0 Å². The summed E-state index contributed by atoms with van der Waals surface area (Å²) >= 11 is 6.10. The van der Waals surface area contributed by atoms with Crippen molar-refractivity contribution in [2.24, 2.45) is 5.92 Å². The van der Waals surface area contributed by atoms with Crippen LogP contribution in [0.2, 0.25) is 5.02 Å². The maximum absolute atomic E-state index is 6.10. The Morgan fingerprint density at radius 3 is 2.63 bits per heavy atom. The first-order chi connectivity index (χ1) is 9.20. The molecule has 2 heteroatoms. The van der Waals surface area contributed by atoms with Gasteiger partial charge in [0.1, 0.15) is 0 Å². The molecule has 1 saturated carbocycles. The van der Waals surface area contributed by atoms with Crippen LogP contribution in [-0.4, -0.2) is 6.04 Å². The summed E-state index contributed by atoms with van der Waals surface area (Å²) in [5.41, 5.74) is 1.32. The molecule has 0 amide bonds. The minimum atomic E-state index is 0.427. The van der Waals surface area contributed by atoms with E-state index in [2.05, 4.69) is 31.3 Å². The smallest absolute Gasteiger partial charge is 0.0409 e. The third kappa shape index (κ3) is 4.22. The van der Waals surface area contributed by atoms with E-state index in [0.717, 1.165) is 17.4 Å². The average molecular weight is 280 g/mol. The van der Waals surface area contributed by atoms with E-state index in [0.29, 0.717) is 12.1 Å². The van der Waals surface area contributed by atoms with Crippen LogP contribution in [0.3, 0.4) is 0 Å². The first kappa shape index (κ1) is 14.9. The monoisotopic (exact) mass is 279 g/mol. The van der Waals surface area contributed by atoms with Crippen LogP contribution in [-0.2, 0) is 0 Å². The average Bonchev–Trinajstić information content (AvgIpc) is 2.45. The summed E-state index contributed by atoms with van der Waals surface area (Å²) in [4.78, 5) is 0. The Kier molecular flexibility index (Phi) is 5.72. The van der Waals surface area contributed by atoms with Crippen LogP contribution in [0.4, 0.5) is 0 Å². The van der Waals surface area contributed by atoms with Crippen LogP contribution in [0.25, 0.3) is 0 Å². The van der Waals surface area contributed by atoms with Crippen molar-refractivity contribution >= 4 is 11.6 Å². The summed E-state index contributed by atoms with van der Waals surface area (Å²) in [5, 5.41) is 4.66. The fourth-order valence-corrected chi connectivity index (χ4v) is 3.46. The zero-order valence-electron chi connectivity index (χ0n) is 12.2. The highest BCUT2D eigenvalue weighted by molar-refractivity contribution is 6.30. The Hall–Kier alpha value is -0.530. The van der Waals surface area contributed by atoms with Gasteiger partial charge in [-0.2, -0.15) is 0 Å². The topological polar surface area (TPSA) is 12.0 Å². The zero-order chi connectivity index (χ0) is 13.7. The van der Waals surface area contributed by atoms with Gasteiger partial charge in [-0.1, -0.05) is 49.9 Å². The first-order valence-electron chi connectivity index (χ1n) is 7.72. The van der Waals surface area contributed by atoms with Crippen molar-refractivity contribution < 1.29 is 0 Å². The van der Waals surface area contributed by atoms with E-state index < -0.39 is 0 Å². The van der Waals surface area contributed by atoms with Gasteiger partial charge >= 0.3 is 0 Å². The van der Waals surface area contributed by atoms with Gasteiger partial charge in [-0.15, -0.1) is 0 Å². The maximum Gasteiger partial charge on any atom is 0.0409 e. The molecular formula is C17H26ClN. The van der Waals surface area contributed by atoms with Gasteiger partial charge in [-0.25, -0.2) is 0 Å². The summed E-state index contributed by atoms with van der Waals surface area (Å²) in [7, 11) is 0. The molecule has 2 atom stereocenters. The van der Waals surface area contributed by atoms with Crippen molar-refractivity contribution in [1.29, 1.82) is 0 Å². The predicted octanol–water partition coefficient (Wildman–Crippen LogP) is 5.35. The van der Waals surface area contributed by atoms with Crippen molar-refractivity contribution in [3.8, 4) is 0 Å². The Bertz CT molecular complexity index is 385. The van der Waals surface area contributed by atoms with Crippen LogP contribution < -0.4 is 5.32 Å². The molecule has 106 valence electrons. The van der Waals surface area contributed by atoms with E-state index in [1.807, 2.05) is 12.1 Å². The molecular weight excluding hydrogens is 254 g/mol. The maximum atomic E-state index is 6.10. The van der Waals surface area contributed by atoms with Crippen molar-refractivity contribution in [2.45, 2.75) is 64.5 Å². The van der Waals surface area contributed by atoms with Crippen molar-refractivity contribution in [1.82, 2.24) is 5.32 Å². The molecule has 2 rings (SSSR count). The second kappa shape index (κ2) is 7.31. The van der Waals surface area contributed by atoms with E-state index in [1.165, 1.54) is 37.7 Å². The SMILES string of the molecule is CCC(NC(C)C1CCCCC1)c1cccc(Cl)c1. The normalized spacial score (nSPS) is 20.2. The molecule has 1 N–H and O–H groups in total. The predicted molar refractivity (Wildman–Crippen MR) is 83.7 cm³/mol. The fourth-order valence-electron chi connectivity index (χ4n) is 3.26. The second-order valence-electron chi connectivity index (χ2n) is 5.87. The molecule has 0 spiro atoms. The lowest BCUT2D eigenvalue weighted by Crippen LogP contribution is -2.37. The third-order valence-electron chi connectivity index (χ3n) is 4.48. The highest BCUT2D eigenvalue weighted by atomic mass is 35.5. The van der Waals surface area contributed by atoms with Gasteiger partial charge in [0.15, 0.2) is 0 Å². The Morgan fingerprint density at radius 2 is 2.00 bits per heavy atom. The molecule has 1 aromatic carbocycles. The van der Waals surface area contributed by atoms with Crippen LogP contribution in [0.15, 0.2) is 24.3 Å². The Morgan fingerprint density at radius 1 is 1.26 bits per heavy atom. The van der Waals surface area contributed by atoms with Gasteiger partial charge in [-0.3, -0.25) is 0 Å². The number of hydrogen-bond acceptors (Lipinski definition) is 1. The van der Waals surface area contributed by atoms with Crippen LogP contribution in [0, 0.1) is 5.92 Å². The number of hydrogen-bond donors (Lipinski definition) is 1. The largest absolute Gasteiger partial charge is 0.307 e. The van der Waals surface area contributed by atoms with Gasteiger partial charge in [0.2, 0.25) is 0 Å². The van der Waals surface area contributed by atoms with E-state index in [9.17, 15) is 0 Å². The quantitative estimate of drug-likeness (QED) is 0.766. The van der Waals surface area contributed by atoms with Gasteiger partial charge in [-0.05, 0) is 49.8 Å². The lowest BCUT2D eigenvalue weighted by molar-refractivity contribution is 0.262. The summed E-state index contributed by atoms with van der Waals surface area (Å²) in [6.45, 7) is 4.59. The number of nitrogens with one attached hydrogen (secondary N) is 1. The molecule has 1 aliphatic rings. The third-order valence-corrected chi connectivity index (χ3v) is 4.72. The van der Waals surface area contributed by atoms with E-state index >= 15 is 0 Å². The molecule has 1 nitrogen and oxygen atoms in total. The van der Waals surface area contributed by atoms with Crippen molar-refractivity contribution in [3.05, 3.63) is 34.9 Å². The second-order valence-corrected chi connectivity index (χ2v) is 6.31. The number of halogens is 1. The first-order valence-corrected chi connectivity index (χ1v) is 8.10. The van der Waals surface area contributed by atoms with Gasteiger partial charge < -0.3 is 5.32 Å². The molecule has 0 aromatic heterocycles.